The Morgan fingerprint density at radius 3 is 2.11 bits per heavy atom. The van der Waals surface area contributed by atoms with Crippen LogP contribution in [0, 0.1) is 6.92 Å². The van der Waals surface area contributed by atoms with Crippen LogP contribution in [0.5, 0.6) is 0 Å². The lowest BCUT2D eigenvalue weighted by Gasteiger charge is -2.34. The van der Waals surface area contributed by atoms with Crippen LogP contribution in [-0.2, 0) is 32.6 Å². The number of carbonyl (C=O) groups excluding carboxylic acids is 2. The number of aryl methyl sites for hydroxylation is 1. The first kappa shape index (κ1) is 32.8. The third-order valence-corrected chi connectivity index (χ3v) is 9.44. The lowest BCUT2D eigenvalue weighted by Crippen LogP contribution is -2.54. The van der Waals surface area contributed by atoms with Crippen molar-refractivity contribution in [1.29, 1.82) is 0 Å². The van der Waals surface area contributed by atoms with E-state index in [4.69, 9.17) is 11.6 Å². The number of anilines is 1. The highest BCUT2D eigenvalue weighted by atomic mass is 35.5. The summed E-state index contributed by atoms with van der Waals surface area (Å²) in [6, 6.07) is 30.6. The zero-order chi connectivity index (χ0) is 31.7. The largest absolute Gasteiger partial charge is 0.352 e. The molecule has 0 aliphatic carbocycles. The van der Waals surface area contributed by atoms with Gasteiger partial charge in [-0.2, -0.15) is 0 Å². The van der Waals surface area contributed by atoms with Gasteiger partial charge in [0.1, 0.15) is 12.6 Å². The Bertz CT molecular complexity index is 1670. The molecule has 0 aliphatic rings. The van der Waals surface area contributed by atoms with Gasteiger partial charge in [-0.25, -0.2) is 8.42 Å². The van der Waals surface area contributed by atoms with Crippen molar-refractivity contribution < 1.29 is 18.0 Å². The zero-order valence-corrected chi connectivity index (χ0v) is 26.8. The van der Waals surface area contributed by atoms with E-state index in [0.717, 1.165) is 15.4 Å². The van der Waals surface area contributed by atoms with Crippen LogP contribution in [0.2, 0.25) is 5.02 Å². The maximum atomic E-state index is 14.5. The fourth-order valence-corrected chi connectivity index (χ4v) is 6.50. The second-order valence-corrected chi connectivity index (χ2v) is 13.1. The summed E-state index contributed by atoms with van der Waals surface area (Å²) in [5.74, 6) is -0.835. The van der Waals surface area contributed by atoms with E-state index in [1.807, 2.05) is 63.2 Å². The molecular weight excluding hydrogens is 594 g/mol. The van der Waals surface area contributed by atoms with Crippen LogP contribution in [0.1, 0.15) is 37.0 Å². The average Bonchev–Trinajstić information content (AvgIpc) is 3.02. The summed E-state index contributed by atoms with van der Waals surface area (Å²) in [6.07, 6.45) is 0.952. The van der Waals surface area contributed by atoms with Gasteiger partial charge in [-0.15, -0.1) is 0 Å². The molecule has 0 aliphatic heterocycles. The summed E-state index contributed by atoms with van der Waals surface area (Å²) in [7, 11) is -4.14. The van der Waals surface area contributed by atoms with Crippen LogP contribution in [0.15, 0.2) is 114 Å². The standard InChI is InChI=1S/C35H38ClN3O4S/c1-4-27(3)37-35(41)33(23-28-14-7-5-8-15-28)38(24-29-16-12-17-30(36)22-29)34(40)25-39(31-18-11-13-26(2)21-31)44(42,43)32-19-9-6-10-20-32/h5-22,27,33H,4,23-25H2,1-3H3,(H,37,41)/t27-,33+/m1/s1. The number of benzene rings is 4. The molecule has 4 aromatic rings. The van der Waals surface area contributed by atoms with E-state index in [1.165, 1.54) is 17.0 Å². The molecular formula is C35H38ClN3O4S. The minimum Gasteiger partial charge on any atom is -0.352 e. The first-order valence-corrected chi connectivity index (χ1v) is 16.4. The second-order valence-electron chi connectivity index (χ2n) is 10.8. The second kappa shape index (κ2) is 15.0. The summed E-state index contributed by atoms with van der Waals surface area (Å²) in [6.45, 7) is 5.28. The molecule has 230 valence electrons. The van der Waals surface area contributed by atoms with Gasteiger partial charge in [0.25, 0.3) is 10.0 Å². The van der Waals surface area contributed by atoms with Crippen molar-refractivity contribution in [2.75, 3.05) is 10.8 Å². The number of rotatable bonds is 13. The molecule has 0 aromatic heterocycles. The number of sulfonamides is 1. The lowest BCUT2D eigenvalue weighted by atomic mass is 10.0. The van der Waals surface area contributed by atoms with Gasteiger partial charge >= 0.3 is 0 Å². The average molecular weight is 632 g/mol. The van der Waals surface area contributed by atoms with E-state index in [9.17, 15) is 18.0 Å². The zero-order valence-electron chi connectivity index (χ0n) is 25.2. The highest BCUT2D eigenvalue weighted by Gasteiger charge is 2.35. The van der Waals surface area contributed by atoms with Gasteiger partial charge in [-0.3, -0.25) is 13.9 Å². The van der Waals surface area contributed by atoms with E-state index in [0.29, 0.717) is 22.7 Å². The van der Waals surface area contributed by atoms with Crippen molar-refractivity contribution in [2.45, 2.75) is 57.1 Å². The molecule has 0 spiro atoms. The highest BCUT2D eigenvalue weighted by Crippen LogP contribution is 2.26. The van der Waals surface area contributed by atoms with Crippen molar-refractivity contribution in [3.8, 4) is 0 Å². The Hall–Kier alpha value is -4.14. The van der Waals surface area contributed by atoms with Crippen molar-refractivity contribution >= 4 is 39.1 Å². The Kier molecular flexibility index (Phi) is 11.2. The number of nitrogens with one attached hydrogen (secondary N) is 1. The van der Waals surface area contributed by atoms with Gasteiger partial charge in [0, 0.05) is 24.0 Å². The minimum absolute atomic E-state index is 0.0534. The number of halogens is 1. The Morgan fingerprint density at radius 2 is 1.48 bits per heavy atom. The summed E-state index contributed by atoms with van der Waals surface area (Å²) >= 11 is 6.30. The Labute approximate surface area is 265 Å². The van der Waals surface area contributed by atoms with Crippen LogP contribution < -0.4 is 9.62 Å². The van der Waals surface area contributed by atoms with Gasteiger partial charge in [-0.05, 0) is 73.4 Å². The van der Waals surface area contributed by atoms with E-state index in [-0.39, 0.29) is 29.8 Å². The molecule has 0 heterocycles. The van der Waals surface area contributed by atoms with E-state index < -0.39 is 28.5 Å². The van der Waals surface area contributed by atoms with Crippen LogP contribution in [-0.4, -0.2) is 43.8 Å². The topological polar surface area (TPSA) is 86.8 Å². The third kappa shape index (κ3) is 8.49. The summed E-state index contributed by atoms with van der Waals surface area (Å²) < 4.78 is 29.2. The number of hydrogen-bond acceptors (Lipinski definition) is 4. The van der Waals surface area contributed by atoms with Gasteiger partial charge in [0.05, 0.1) is 10.6 Å². The van der Waals surface area contributed by atoms with Crippen molar-refractivity contribution in [1.82, 2.24) is 10.2 Å². The molecule has 44 heavy (non-hydrogen) atoms. The molecule has 4 aromatic carbocycles. The van der Waals surface area contributed by atoms with Crippen molar-refractivity contribution in [2.24, 2.45) is 0 Å². The van der Waals surface area contributed by atoms with Gasteiger partial charge in [-0.1, -0.05) is 91.3 Å². The van der Waals surface area contributed by atoms with Crippen LogP contribution in [0.3, 0.4) is 0 Å². The smallest absolute Gasteiger partial charge is 0.264 e. The highest BCUT2D eigenvalue weighted by molar-refractivity contribution is 7.92. The molecule has 2 atom stereocenters. The summed E-state index contributed by atoms with van der Waals surface area (Å²) in [5, 5.41) is 3.53. The maximum absolute atomic E-state index is 14.5. The molecule has 2 amide bonds. The first-order valence-electron chi connectivity index (χ1n) is 14.6. The molecule has 4 rings (SSSR count). The first-order chi connectivity index (χ1) is 21.1. The number of nitrogens with zero attached hydrogens (tertiary/aromatic N) is 2. The summed E-state index contributed by atoms with van der Waals surface area (Å²) in [4.78, 5) is 29.9. The fraction of sp³-hybridized carbons (Fsp3) is 0.257. The molecule has 0 saturated heterocycles. The van der Waals surface area contributed by atoms with E-state index >= 15 is 0 Å². The lowest BCUT2D eigenvalue weighted by molar-refractivity contribution is -0.140. The normalized spacial score (nSPS) is 12.6. The molecule has 1 N–H and O–H groups in total. The van der Waals surface area contributed by atoms with Gasteiger partial charge in [0.2, 0.25) is 11.8 Å². The minimum atomic E-state index is -4.14. The van der Waals surface area contributed by atoms with E-state index in [2.05, 4.69) is 5.32 Å². The maximum Gasteiger partial charge on any atom is 0.264 e. The molecule has 0 fully saturated rings. The molecule has 9 heteroatoms. The molecule has 0 saturated carbocycles. The molecule has 7 nitrogen and oxygen atoms in total. The quantitative estimate of drug-likeness (QED) is 0.185. The predicted octanol–water partition coefficient (Wildman–Crippen LogP) is 6.40. The van der Waals surface area contributed by atoms with Crippen molar-refractivity contribution in [3.05, 3.63) is 131 Å². The fourth-order valence-electron chi connectivity index (χ4n) is 4.86. The summed E-state index contributed by atoms with van der Waals surface area (Å²) in [5.41, 5.74) is 2.78. The monoisotopic (exact) mass is 631 g/mol. The van der Waals surface area contributed by atoms with Crippen LogP contribution in [0.4, 0.5) is 5.69 Å². The SMILES string of the molecule is CC[C@@H](C)NC(=O)[C@H](Cc1ccccc1)N(Cc1cccc(Cl)c1)C(=O)CN(c1cccc(C)c1)S(=O)(=O)c1ccccc1. The Balaban J connectivity index is 1.80. The predicted molar refractivity (Wildman–Crippen MR) is 176 cm³/mol. The number of hydrogen-bond donors (Lipinski definition) is 1. The van der Waals surface area contributed by atoms with E-state index in [1.54, 1.807) is 54.6 Å². The number of carbonyl (C=O) groups is 2. The number of amides is 2. The van der Waals surface area contributed by atoms with Crippen LogP contribution >= 0.6 is 11.6 Å². The molecule has 0 radical (unpaired) electrons. The van der Waals surface area contributed by atoms with Crippen LogP contribution in [0.25, 0.3) is 0 Å². The van der Waals surface area contributed by atoms with Gasteiger partial charge in [0.15, 0.2) is 0 Å². The Morgan fingerprint density at radius 1 is 0.841 bits per heavy atom. The van der Waals surface area contributed by atoms with Crippen molar-refractivity contribution in [3.63, 3.8) is 0 Å². The molecule has 0 bridgehead atoms. The third-order valence-electron chi connectivity index (χ3n) is 7.41. The van der Waals surface area contributed by atoms with Gasteiger partial charge < -0.3 is 10.2 Å². The molecule has 0 unspecified atom stereocenters.